The number of hydrogen-bond donors (Lipinski definition) is 2. The van der Waals surface area contributed by atoms with Crippen LogP contribution in [0.2, 0.25) is 0 Å². The van der Waals surface area contributed by atoms with Gasteiger partial charge >= 0.3 is 0 Å². The molecule has 4 heteroatoms. The summed E-state index contributed by atoms with van der Waals surface area (Å²) in [6, 6.07) is 16.9. The molecule has 2 atom stereocenters. The molecule has 0 aliphatic heterocycles. The summed E-state index contributed by atoms with van der Waals surface area (Å²) in [6.07, 6.45) is -0.0515. The minimum absolute atomic E-state index is 0. The maximum Gasteiger partial charge on any atom is 0.118 e. The van der Waals surface area contributed by atoms with Gasteiger partial charge in [0.2, 0.25) is 0 Å². The van der Waals surface area contributed by atoms with E-state index < -0.39 is 12.1 Å². The van der Waals surface area contributed by atoms with Crippen LogP contribution in [-0.4, -0.2) is 18.3 Å². The van der Waals surface area contributed by atoms with Crippen LogP contribution >= 0.6 is 12.4 Å². The summed E-state index contributed by atoms with van der Waals surface area (Å²) in [4.78, 5) is 0. The van der Waals surface area contributed by atoms with Gasteiger partial charge in [0.15, 0.2) is 0 Å². The quantitative estimate of drug-likeness (QED) is 0.891. The Morgan fingerprint density at radius 2 is 1.65 bits per heavy atom. The van der Waals surface area contributed by atoms with Crippen molar-refractivity contribution in [2.45, 2.75) is 18.6 Å². The molecule has 3 N–H and O–H groups in total. The molecule has 2 aromatic rings. The van der Waals surface area contributed by atoms with E-state index in [1.54, 1.807) is 7.11 Å². The highest BCUT2D eigenvalue weighted by atomic mass is 35.5. The molecule has 2 aromatic carbocycles. The fourth-order valence-corrected chi connectivity index (χ4v) is 2.03. The number of aliphatic hydroxyl groups excluding tert-OH is 1. The van der Waals surface area contributed by atoms with Gasteiger partial charge in [-0.3, -0.25) is 0 Å². The van der Waals surface area contributed by atoms with E-state index >= 15 is 0 Å². The number of nitrogens with two attached hydrogens (primary N) is 1. The van der Waals surface area contributed by atoms with Gasteiger partial charge in [0.25, 0.3) is 0 Å². The van der Waals surface area contributed by atoms with Crippen LogP contribution in [0.25, 0.3) is 0 Å². The first kappa shape index (κ1) is 16.5. The van der Waals surface area contributed by atoms with Crippen LogP contribution in [0.5, 0.6) is 5.75 Å². The molecular formula is C16H20ClNO2. The fourth-order valence-electron chi connectivity index (χ4n) is 2.03. The topological polar surface area (TPSA) is 55.5 Å². The van der Waals surface area contributed by atoms with Crippen LogP contribution in [0.1, 0.15) is 17.2 Å². The minimum Gasteiger partial charge on any atom is -0.497 e. The van der Waals surface area contributed by atoms with Gasteiger partial charge in [-0.25, -0.2) is 0 Å². The number of hydrogen-bond acceptors (Lipinski definition) is 3. The highest BCUT2D eigenvalue weighted by Crippen LogP contribution is 2.20. The van der Waals surface area contributed by atoms with E-state index in [9.17, 15) is 5.11 Å². The van der Waals surface area contributed by atoms with Gasteiger partial charge in [-0.05, 0) is 23.3 Å². The molecule has 0 aliphatic rings. The molecule has 108 valence electrons. The van der Waals surface area contributed by atoms with Gasteiger partial charge in [0, 0.05) is 6.42 Å². The minimum atomic E-state index is -0.601. The monoisotopic (exact) mass is 293 g/mol. The number of aliphatic hydroxyl groups is 1. The Bertz CT molecular complexity index is 502. The lowest BCUT2D eigenvalue weighted by Gasteiger charge is -2.19. The molecule has 0 saturated carbocycles. The second-order valence-corrected chi connectivity index (χ2v) is 4.56. The fraction of sp³-hybridized carbons (Fsp3) is 0.250. The third-order valence-corrected chi connectivity index (χ3v) is 3.20. The molecule has 0 spiro atoms. The Morgan fingerprint density at radius 1 is 1.05 bits per heavy atom. The van der Waals surface area contributed by atoms with E-state index in [1.165, 1.54) is 0 Å². The lowest BCUT2D eigenvalue weighted by molar-refractivity contribution is 0.145. The molecule has 0 aromatic heterocycles. The van der Waals surface area contributed by atoms with Crippen molar-refractivity contribution in [1.29, 1.82) is 0 Å². The lowest BCUT2D eigenvalue weighted by atomic mass is 9.97. The maximum absolute atomic E-state index is 10.2. The van der Waals surface area contributed by atoms with Gasteiger partial charge in [-0.15, -0.1) is 12.4 Å². The predicted molar refractivity (Wildman–Crippen MR) is 83.3 cm³/mol. The standard InChI is InChI=1S/C16H19NO2.ClH/c1-19-14-9-7-13(8-10-14)16(17)15(18)11-12-5-3-2-4-6-12;/h2-10,15-16,18H,11,17H2,1H3;1H/t15-,16+;/m1./s1. The molecule has 0 radical (unpaired) electrons. The first-order valence-electron chi connectivity index (χ1n) is 6.32. The van der Waals surface area contributed by atoms with Gasteiger partial charge < -0.3 is 15.6 Å². The molecular weight excluding hydrogens is 274 g/mol. The number of rotatable bonds is 5. The number of methoxy groups -OCH3 is 1. The molecule has 0 heterocycles. The van der Waals surface area contributed by atoms with Crippen molar-refractivity contribution in [3.8, 4) is 5.75 Å². The summed E-state index contributed by atoms with van der Waals surface area (Å²) in [5.41, 5.74) is 8.08. The third-order valence-electron chi connectivity index (χ3n) is 3.20. The first-order chi connectivity index (χ1) is 9.20. The average Bonchev–Trinajstić information content (AvgIpc) is 2.47. The first-order valence-corrected chi connectivity index (χ1v) is 6.32. The van der Waals surface area contributed by atoms with Crippen molar-refractivity contribution in [3.05, 3.63) is 65.7 Å². The average molecular weight is 294 g/mol. The summed E-state index contributed by atoms with van der Waals surface area (Å²) < 4.78 is 5.10. The van der Waals surface area contributed by atoms with Crippen LogP contribution in [0.3, 0.4) is 0 Å². The molecule has 0 bridgehead atoms. The van der Waals surface area contributed by atoms with E-state index in [0.717, 1.165) is 16.9 Å². The zero-order valence-electron chi connectivity index (χ0n) is 11.4. The van der Waals surface area contributed by atoms with Crippen LogP contribution in [0.15, 0.2) is 54.6 Å². The SMILES string of the molecule is COc1ccc([C@H](N)[C@H](O)Cc2ccccc2)cc1.Cl. The number of benzene rings is 2. The van der Waals surface area contributed by atoms with Crippen molar-refractivity contribution in [1.82, 2.24) is 0 Å². The van der Waals surface area contributed by atoms with Gasteiger partial charge in [0.1, 0.15) is 5.75 Å². The molecule has 20 heavy (non-hydrogen) atoms. The largest absolute Gasteiger partial charge is 0.497 e. The Kier molecular flexibility index (Phi) is 6.52. The van der Waals surface area contributed by atoms with Crippen molar-refractivity contribution in [2.75, 3.05) is 7.11 Å². The van der Waals surface area contributed by atoms with Crippen molar-refractivity contribution < 1.29 is 9.84 Å². The van der Waals surface area contributed by atoms with Crippen molar-refractivity contribution in [2.24, 2.45) is 5.73 Å². The van der Waals surface area contributed by atoms with Crippen molar-refractivity contribution >= 4 is 12.4 Å². The van der Waals surface area contributed by atoms with Crippen LogP contribution in [-0.2, 0) is 6.42 Å². The Morgan fingerprint density at radius 3 is 2.20 bits per heavy atom. The zero-order valence-corrected chi connectivity index (χ0v) is 12.2. The summed E-state index contributed by atoms with van der Waals surface area (Å²) in [7, 11) is 1.62. The van der Waals surface area contributed by atoms with Crippen LogP contribution in [0.4, 0.5) is 0 Å². The Balaban J connectivity index is 0.00000200. The van der Waals surface area contributed by atoms with E-state index in [1.807, 2.05) is 54.6 Å². The summed E-state index contributed by atoms with van der Waals surface area (Å²) >= 11 is 0. The zero-order chi connectivity index (χ0) is 13.7. The van der Waals surface area contributed by atoms with Crippen molar-refractivity contribution in [3.63, 3.8) is 0 Å². The molecule has 3 nitrogen and oxygen atoms in total. The van der Waals surface area contributed by atoms with E-state index in [4.69, 9.17) is 10.5 Å². The second-order valence-electron chi connectivity index (χ2n) is 4.56. The maximum atomic E-state index is 10.2. The smallest absolute Gasteiger partial charge is 0.118 e. The predicted octanol–water partition coefficient (Wildman–Crippen LogP) is 2.72. The number of ether oxygens (including phenoxy) is 1. The number of halogens is 1. The Labute approximate surface area is 125 Å². The van der Waals surface area contributed by atoms with E-state index in [-0.39, 0.29) is 12.4 Å². The Hall–Kier alpha value is -1.55. The molecule has 0 fully saturated rings. The summed E-state index contributed by atoms with van der Waals surface area (Å²) in [5.74, 6) is 0.786. The normalized spacial score (nSPS) is 13.2. The third kappa shape index (κ3) is 4.23. The van der Waals surface area contributed by atoms with Gasteiger partial charge in [-0.2, -0.15) is 0 Å². The molecule has 0 aliphatic carbocycles. The summed E-state index contributed by atoms with van der Waals surface area (Å²) in [6.45, 7) is 0. The molecule has 0 amide bonds. The summed E-state index contributed by atoms with van der Waals surface area (Å²) in [5, 5.41) is 10.2. The molecule has 0 unspecified atom stereocenters. The van der Waals surface area contributed by atoms with Crippen LogP contribution < -0.4 is 10.5 Å². The van der Waals surface area contributed by atoms with E-state index in [2.05, 4.69) is 0 Å². The second kappa shape index (κ2) is 7.90. The highest BCUT2D eigenvalue weighted by molar-refractivity contribution is 5.85. The van der Waals surface area contributed by atoms with E-state index in [0.29, 0.717) is 6.42 Å². The molecule has 2 rings (SSSR count). The lowest BCUT2D eigenvalue weighted by Crippen LogP contribution is -2.28. The van der Waals surface area contributed by atoms with Gasteiger partial charge in [0.05, 0.1) is 19.3 Å². The highest BCUT2D eigenvalue weighted by Gasteiger charge is 2.17. The van der Waals surface area contributed by atoms with Crippen LogP contribution in [0, 0.1) is 0 Å². The molecule has 0 saturated heterocycles. The van der Waals surface area contributed by atoms with Gasteiger partial charge in [-0.1, -0.05) is 42.5 Å².